The van der Waals surface area contributed by atoms with E-state index in [1.165, 1.54) is 17.6 Å². The zero-order chi connectivity index (χ0) is 13.3. The van der Waals surface area contributed by atoms with Gasteiger partial charge in [-0.1, -0.05) is 36.5 Å². The number of thiocarbonyl (C=S) groups is 1. The van der Waals surface area contributed by atoms with E-state index in [2.05, 4.69) is 36.6 Å². The van der Waals surface area contributed by atoms with Crippen molar-refractivity contribution >= 4 is 50.8 Å². The van der Waals surface area contributed by atoms with Crippen molar-refractivity contribution in [1.29, 1.82) is 0 Å². The third kappa shape index (κ3) is 2.30. The van der Waals surface area contributed by atoms with Crippen molar-refractivity contribution in [1.82, 2.24) is 4.98 Å². The third-order valence-electron chi connectivity index (χ3n) is 3.55. The molecule has 1 aromatic heterocycles. The molecular weight excluding hydrogens is 290 g/mol. The van der Waals surface area contributed by atoms with E-state index in [9.17, 15) is 0 Å². The Morgan fingerprint density at radius 3 is 2.89 bits per heavy atom. The molecule has 0 bridgehead atoms. The van der Waals surface area contributed by atoms with E-state index in [4.69, 9.17) is 17.2 Å². The first-order chi connectivity index (χ1) is 9.26. The molecule has 4 heteroatoms. The molecular formula is C15H15NS3. The predicted molar refractivity (Wildman–Crippen MR) is 91.2 cm³/mol. The molecule has 0 aliphatic carbocycles. The Balaban J connectivity index is 2.13. The van der Waals surface area contributed by atoms with Crippen LogP contribution in [0.25, 0.3) is 10.9 Å². The standard InChI is InChI=1S/C15H15NS3/c1-18-14(17)15(9-4-10-19-15)13-8-7-11-5-2-3-6-12(11)16-13/h2-3,5-8H,4,9-10H2,1H3. The second kappa shape index (κ2) is 5.43. The lowest BCUT2D eigenvalue weighted by Gasteiger charge is -2.27. The fraction of sp³-hybridized carbons (Fsp3) is 0.333. The number of pyridine rings is 1. The zero-order valence-corrected chi connectivity index (χ0v) is 13.2. The van der Waals surface area contributed by atoms with Gasteiger partial charge in [0.15, 0.2) is 0 Å². The maximum absolute atomic E-state index is 5.63. The molecule has 1 nitrogen and oxygen atoms in total. The van der Waals surface area contributed by atoms with Gasteiger partial charge in [-0.2, -0.15) is 0 Å². The molecule has 0 radical (unpaired) electrons. The van der Waals surface area contributed by atoms with Crippen LogP contribution in [0.3, 0.4) is 0 Å². The number of fused-ring (bicyclic) bond motifs is 1. The fourth-order valence-corrected chi connectivity index (χ4v) is 5.21. The van der Waals surface area contributed by atoms with Crippen LogP contribution >= 0.6 is 35.7 Å². The van der Waals surface area contributed by atoms with Crippen LogP contribution in [0.2, 0.25) is 0 Å². The average Bonchev–Trinajstić information content (AvgIpc) is 2.96. The van der Waals surface area contributed by atoms with Crippen LogP contribution in [0.5, 0.6) is 0 Å². The summed E-state index contributed by atoms with van der Waals surface area (Å²) in [5.74, 6) is 1.18. The molecule has 1 aliphatic rings. The monoisotopic (exact) mass is 305 g/mol. The van der Waals surface area contributed by atoms with Crippen LogP contribution in [0.4, 0.5) is 0 Å². The van der Waals surface area contributed by atoms with Gasteiger partial charge in [0.1, 0.15) is 0 Å². The molecule has 1 atom stereocenters. The summed E-state index contributed by atoms with van der Waals surface area (Å²) in [5.41, 5.74) is 2.20. The second-order valence-corrected chi connectivity index (χ2v) is 7.54. The summed E-state index contributed by atoms with van der Waals surface area (Å²) < 4.78 is 1.01. The van der Waals surface area contributed by atoms with Gasteiger partial charge in [0.2, 0.25) is 0 Å². The number of hydrogen-bond donors (Lipinski definition) is 0. The highest BCUT2D eigenvalue weighted by Gasteiger charge is 2.41. The topological polar surface area (TPSA) is 12.9 Å². The first kappa shape index (κ1) is 13.4. The van der Waals surface area contributed by atoms with Gasteiger partial charge in [-0.05, 0) is 37.0 Å². The quantitative estimate of drug-likeness (QED) is 0.749. The van der Waals surface area contributed by atoms with Gasteiger partial charge in [0, 0.05) is 5.39 Å². The van der Waals surface area contributed by atoms with Crippen LogP contribution in [-0.4, -0.2) is 21.2 Å². The van der Waals surface area contributed by atoms with Crippen LogP contribution < -0.4 is 0 Å². The Labute approximate surface area is 127 Å². The van der Waals surface area contributed by atoms with Gasteiger partial charge >= 0.3 is 0 Å². The lowest BCUT2D eigenvalue weighted by Crippen LogP contribution is -2.27. The largest absolute Gasteiger partial charge is 0.251 e. The molecule has 1 fully saturated rings. The van der Waals surface area contributed by atoms with Gasteiger partial charge in [-0.15, -0.1) is 23.5 Å². The molecule has 1 saturated heterocycles. The van der Waals surface area contributed by atoms with Crippen LogP contribution in [0.15, 0.2) is 36.4 Å². The van der Waals surface area contributed by atoms with E-state index < -0.39 is 0 Å². The third-order valence-corrected chi connectivity index (χ3v) is 6.98. The SMILES string of the molecule is CSC(=S)C1(c2ccc3ccccc3n2)CCCS1. The van der Waals surface area contributed by atoms with Gasteiger partial charge < -0.3 is 0 Å². The Hall–Kier alpha value is -0.580. The Bertz CT molecular complexity index is 618. The van der Waals surface area contributed by atoms with Crippen molar-refractivity contribution in [2.24, 2.45) is 0 Å². The molecule has 2 aromatic rings. The molecule has 0 spiro atoms. The molecule has 0 amide bonds. The van der Waals surface area contributed by atoms with Crippen molar-refractivity contribution in [2.45, 2.75) is 17.6 Å². The van der Waals surface area contributed by atoms with E-state index in [-0.39, 0.29) is 4.75 Å². The first-order valence-corrected chi connectivity index (χ1v) is 8.97. The van der Waals surface area contributed by atoms with Crippen molar-refractivity contribution in [2.75, 3.05) is 12.0 Å². The summed E-state index contributed by atoms with van der Waals surface area (Å²) in [7, 11) is 0. The van der Waals surface area contributed by atoms with Crippen molar-refractivity contribution < 1.29 is 0 Å². The summed E-state index contributed by atoms with van der Waals surface area (Å²) in [4.78, 5) is 4.88. The number of thioether (sulfide) groups is 2. The Morgan fingerprint density at radius 1 is 1.32 bits per heavy atom. The summed E-state index contributed by atoms with van der Waals surface area (Å²) in [6, 6.07) is 12.6. The van der Waals surface area contributed by atoms with Crippen molar-refractivity contribution in [3.8, 4) is 0 Å². The number of hydrogen-bond acceptors (Lipinski definition) is 4. The van der Waals surface area contributed by atoms with E-state index in [0.717, 1.165) is 21.8 Å². The van der Waals surface area contributed by atoms with Crippen molar-refractivity contribution in [3.05, 3.63) is 42.1 Å². The van der Waals surface area contributed by atoms with Crippen LogP contribution in [-0.2, 0) is 4.75 Å². The second-order valence-electron chi connectivity index (χ2n) is 4.66. The number of rotatable bonds is 2. The number of aromatic nitrogens is 1. The minimum atomic E-state index is -0.0568. The van der Waals surface area contributed by atoms with Crippen LogP contribution in [0, 0.1) is 0 Å². The maximum Gasteiger partial charge on any atom is 0.0989 e. The predicted octanol–water partition coefficient (Wildman–Crippen LogP) is 4.65. The molecule has 2 heterocycles. The molecule has 0 N–H and O–H groups in total. The number of nitrogens with zero attached hydrogens (tertiary/aromatic N) is 1. The molecule has 19 heavy (non-hydrogen) atoms. The maximum atomic E-state index is 5.63. The van der Waals surface area contributed by atoms with Crippen molar-refractivity contribution in [3.63, 3.8) is 0 Å². The highest BCUT2D eigenvalue weighted by Crippen LogP contribution is 2.49. The number of para-hydroxylation sites is 1. The van der Waals surface area contributed by atoms with Gasteiger partial charge in [0.25, 0.3) is 0 Å². The molecule has 1 aliphatic heterocycles. The number of benzene rings is 1. The molecule has 1 unspecified atom stereocenters. The van der Waals surface area contributed by atoms with Gasteiger partial charge in [-0.3, -0.25) is 4.98 Å². The lowest BCUT2D eigenvalue weighted by atomic mass is 9.99. The smallest absolute Gasteiger partial charge is 0.0989 e. The van der Waals surface area contributed by atoms with E-state index >= 15 is 0 Å². The summed E-state index contributed by atoms with van der Waals surface area (Å²) >= 11 is 9.29. The highest BCUT2D eigenvalue weighted by molar-refractivity contribution is 8.24. The first-order valence-electron chi connectivity index (χ1n) is 6.35. The van der Waals surface area contributed by atoms with Crippen LogP contribution in [0.1, 0.15) is 18.5 Å². The minimum Gasteiger partial charge on any atom is -0.251 e. The van der Waals surface area contributed by atoms with E-state index in [0.29, 0.717) is 0 Å². The van der Waals surface area contributed by atoms with Gasteiger partial charge in [-0.25, -0.2) is 0 Å². The van der Waals surface area contributed by atoms with E-state index in [1.807, 2.05) is 17.8 Å². The Kier molecular flexibility index (Phi) is 3.83. The Morgan fingerprint density at radius 2 is 2.16 bits per heavy atom. The molecule has 1 aromatic carbocycles. The highest BCUT2D eigenvalue weighted by atomic mass is 32.2. The average molecular weight is 305 g/mol. The summed E-state index contributed by atoms with van der Waals surface area (Å²) in [6.07, 6.45) is 4.41. The lowest BCUT2D eigenvalue weighted by molar-refractivity contribution is 0.736. The normalized spacial score (nSPS) is 22.8. The molecule has 98 valence electrons. The summed E-state index contributed by atoms with van der Waals surface area (Å²) in [5, 5.41) is 1.19. The van der Waals surface area contributed by atoms with E-state index in [1.54, 1.807) is 11.8 Å². The molecule has 3 rings (SSSR count). The fourth-order valence-electron chi connectivity index (χ4n) is 2.56. The summed E-state index contributed by atoms with van der Waals surface area (Å²) in [6.45, 7) is 0. The minimum absolute atomic E-state index is 0.0568. The molecule has 0 saturated carbocycles. The zero-order valence-electron chi connectivity index (χ0n) is 10.8. The van der Waals surface area contributed by atoms with Gasteiger partial charge in [0.05, 0.1) is 20.2 Å².